The Labute approximate surface area is 153 Å². The SMILES string of the molecule is CCCNC(=O)/C(C)=C(\C)c1cc(F)cc(-c2cccc(Cl)c2)c1C. The first-order chi connectivity index (χ1) is 11.8. The monoisotopic (exact) mass is 359 g/mol. The molecule has 0 aliphatic heterocycles. The van der Waals surface area contributed by atoms with Gasteiger partial charge in [0.05, 0.1) is 0 Å². The molecule has 0 heterocycles. The van der Waals surface area contributed by atoms with Gasteiger partial charge in [-0.1, -0.05) is 30.7 Å². The molecule has 0 spiro atoms. The maximum atomic E-state index is 14.3. The van der Waals surface area contributed by atoms with Gasteiger partial charge in [0.2, 0.25) is 5.91 Å². The van der Waals surface area contributed by atoms with E-state index in [-0.39, 0.29) is 11.7 Å². The Balaban J connectivity index is 2.54. The first-order valence-corrected chi connectivity index (χ1v) is 8.75. The lowest BCUT2D eigenvalue weighted by molar-refractivity contribution is -0.117. The van der Waals surface area contributed by atoms with Gasteiger partial charge in [-0.15, -0.1) is 0 Å². The largest absolute Gasteiger partial charge is 0.352 e. The van der Waals surface area contributed by atoms with E-state index < -0.39 is 0 Å². The third kappa shape index (κ3) is 4.49. The summed E-state index contributed by atoms with van der Waals surface area (Å²) in [6.45, 7) is 8.18. The molecule has 132 valence electrons. The third-order valence-corrected chi connectivity index (χ3v) is 4.59. The number of hydrogen-bond donors (Lipinski definition) is 1. The predicted molar refractivity (Wildman–Crippen MR) is 103 cm³/mol. The standard InChI is InChI=1S/C21H23ClFNO/c1-5-9-24-21(25)14(3)13(2)19-11-18(23)12-20(15(19)4)16-7-6-8-17(22)10-16/h6-8,10-12H,5,9H2,1-4H3,(H,24,25)/b14-13+. The molecule has 2 aromatic carbocycles. The quantitative estimate of drug-likeness (QED) is 0.674. The molecular weight excluding hydrogens is 337 g/mol. The van der Waals surface area contributed by atoms with Gasteiger partial charge in [0.15, 0.2) is 0 Å². The lowest BCUT2D eigenvalue weighted by atomic mass is 9.91. The van der Waals surface area contributed by atoms with E-state index in [4.69, 9.17) is 11.6 Å². The molecule has 0 radical (unpaired) electrons. The molecule has 0 saturated heterocycles. The number of amides is 1. The Hall–Kier alpha value is -2.13. The zero-order valence-electron chi connectivity index (χ0n) is 15.0. The molecular formula is C21H23ClFNO. The molecule has 25 heavy (non-hydrogen) atoms. The highest BCUT2D eigenvalue weighted by Gasteiger charge is 2.15. The molecule has 1 N–H and O–H groups in total. The van der Waals surface area contributed by atoms with Crippen molar-refractivity contribution in [2.24, 2.45) is 0 Å². The van der Waals surface area contributed by atoms with Crippen LogP contribution in [-0.2, 0) is 4.79 Å². The zero-order valence-corrected chi connectivity index (χ0v) is 15.8. The molecule has 0 fully saturated rings. The summed E-state index contributed by atoms with van der Waals surface area (Å²) in [6, 6.07) is 10.3. The summed E-state index contributed by atoms with van der Waals surface area (Å²) < 4.78 is 14.3. The summed E-state index contributed by atoms with van der Waals surface area (Å²) in [4.78, 5) is 12.2. The normalized spacial score (nSPS) is 11.9. The van der Waals surface area contributed by atoms with Gasteiger partial charge in [-0.05, 0) is 79.3 Å². The van der Waals surface area contributed by atoms with Crippen LogP contribution in [0, 0.1) is 12.7 Å². The Morgan fingerprint density at radius 3 is 2.56 bits per heavy atom. The van der Waals surface area contributed by atoms with E-state index in [1.807, 2.05) is 39.0 Å². The highest BCUT2D eigenvalue weighted by atomic mass is 35.5. The number of carbonyl (C=O) groups is 1. The second-order valence-corrected chi connectivity index (χ2v) is 6.58. The minimum atomic E-state index is -0.336. The van der Waals surface area contributed by atoms with E-state index >= 15 is 0 Å². The average Bonchev–Trinajstić information content (AvgIpc) is 2.60. The number of benzene rings is 2. The predicted octanol–water partition coefficient (Wildman–Crippen LogP) is 5.77. The highest BCUT2D eigenvalue weighted by Crippen LogP contribution is 2.32. The second-order valence-electron chi connectivity index (χ2n) is 6.14. The lowest BCUT2D eigenvalue weighted by Crippen LogP contribution is -2.25. The summed E-state index contributed by atoms with van der Waals surface area (Å²) in [5, 5.41) is 3.46. The van der Waals surface area contributed by atoms with Crippen molar-refractivity contribution < 1.29 is 9.18 Å². The molecule has 2 rings (SSSR count). The highest BCUT2D eigenvalue weighted by molar-refractivity contribution is 6.30. The number of nitrogens with one attached hydrogen (secondary N) is 1. The van der Waals surface area contributed by atoms with Crippen LogP contribution in [0.25, 0.3) is 16.7 Å². The van der Waals surface area contributed by atoms with Crippen LogP contribution in [0.5, 0.6) is 0 Å². The molecule has 1 amide bonds. The van der Waals surface area contributed by atoms with Crippen molar-refractivity contribution in [3.63, 3.8) is 0 Å². The summed E-state index contributed by atoms with van der Waals surface area (Å²) in [5.41, 5.74) is 4.65. The van der Waals surface area contributed by atoms with Crippen LogP contribution >= 0.6 is 11.6 Å². The Bertz CT molecular complexity index is 827. The maximum absolute atomic E-state index is 14.3. The molecule has 0 aliphatic rings. The van der Waals surface area contributed by atoms with E-state index in [2.05, 4.69) is 5.32 Å². The summed E-state index contributed by atoms with van der Waals surface area (Å²) >= 11 is 6.07. The van der Waals surface area contributed by atoms with Crippen LogP contribution in [0.4, 0.5) is 4.39 Å². The van der Waals surface area contributed by atoms with Crippen LogP contribution < -0.4 is 5.32 Å². The van der Waals surface area contributed by atoms with Gasteiger partial charge in [0.1, 0.15) is 5.82 Å². The molecule has 0 atom stereocenters. The number of rotatable bonds is 5. The van der Waals surface area contributed by atoms with Gasteiger partial charge in [-0.2, -0.15) is 0 Å². The fourth-order valence-electron chi connectivity index (χ4n) is 2.77. The van der Waals surface area contributed by atoms with E-state index in [9.17, 15) is 9.18 Å². The van der Waals surface area contributed by atoms with Gasteiger partial charge >= 0.3 is 0 Å². The van der Waals surface area contributed by atoms with Gasteiger partial charge in [0, 0.05) is 17.1 Å². The first-order valence-electron chi connectivity index (χ1n) is 8.37. The molecule has 2 nitrogen and oxygen atoms in total. The van der Waals surface area contributed by atoms with E-state index in [1.54, 1.807) is 13.0 Å². The lowest BCUT2D eigenvalue weighted by Gasteiger charge is -2.15. The fourth-order valence-corrected chi connectivity index (χ4v) is 2.96. The van der Waals surface area contributed by atoms with Crippen molar-refractivity contribution in [1.29, 1.82) is 0 Å². The first kappa shape index (κ1) is 19.2. The molecule has 0 bridgehead atoms. The van der Waals surface area contributed by atoms with Crippen molar-refractivity contribution in [1.82, 2.24) is 5.32 Å². The van der Waals surface area contributed by atoms with Crippen LogP contribution in [0.2, 0.25) is 5.02 Å². The molecule has 0 aromatic heterocycles. The number of hydrogen-bond acceptors (Lipinski definition) is 1. The minimum Gasteiger partial charge on any atom is -0.352 e. The summed E-state index contributed by atoms with van der Waals surface area (Å²) in [5.74, 6) is -0.455. The molecule has 0 saturated carbocycles. The van der Waals surface area contributed by atoms with E-state index in [1.165, 1.54) is 12.1 Å². The Morgan fingerprint density at radius 1 is 1.20 bits per heavy atom. The number of allylic oxidation sites excluding steroid dienone is 1. The van der Waals surface area contributed by atoms with E-state index in [0.717, 1.165) is 34.2 Å². The smallest absolute Gasteiger partial charge is 0.247 e. The van der Waals surface area contributed by atoms with Crippen LogP contribution in [0.15, 0.2) is 42.0 Å². The van der Waals surface area contributed by atoms with Crippen LogP contribution in [-0.4, -0.2) is 12.5 Å². The third-order valence-electron chi connectivity index (χ3n) is 4.35. The topological polar surface area (TPSA) is 29.1 Å². The fraction of sp³-hybridized carbons (Fsp3) is 0.286. The maximum Gasteiger partial charge on any atom is 0.247 e. The Morgan fingerprint density at radius 2 is 1.92 bits per heavy atom. The molecule has 0 unspecified atom stereocenters. The van der Waals surface area contributed by atoms with Crippen molar-refractivity contribution in [3.8, 4) is 11.1 Å². The van der Waals surface area contributed by atoms with Crippen molar-refractivity contribution in [3.05, 3.63) is 63.9 Å². The number of carbonyl (C=O) groups excluding carboxylic acids is 1. The summed E-state index contributed by atoms with van der Waals surface area (Å²) in [7, 11) is 0. The number of halogens is 2. The second kappa shape index (κ2) is 8.30. The van der Waals surface area contributed by atoms with Gasteiger partial charge in [0.25, 0.3) is 0 Å². The average molecular weight is 360 g/mol. The van der Waals surface area contributed by atoms with Gasteiger partial charge in [-0.25, -0.2) is 4.39 Å². The molecule has 2 aromatic rings. The van der Waals surface area contributed by atoms with Crippen molar-refractivity contribution in [2.45, 2.75) is 34.1 Å². The summed E-state index contributed by atoms with van der Waals surface area (Å²) in [6.07, 6.45) is 0.871. The molecule has 4 heteroatoms. The van der Waals surface area contributed by atoms with Crippen LogP contribution in [0.3, 0.4) is 0 Å². The Kier molecular flexibility index (Phi) is 6.38. The van der Waals surface area contributed by atoms with Crippen molar-refractivity contribution >= 4 is 23.1 Å². The minimum absolute atomic E-state index is 0.118. The van der Waals surface area contributed by atoms with Gasteiger partial charge < -0.3 is 5.32 Å². The van der Waals surface area contributed by atoms with Crippen molar-refractivity contribution in [2.75, 3.05) is 6.54 Å². The van der Waals surface area contributed by atoms with Gasteiger partial charge in [-0.3, -0.25) is 4.79 Å². The zero-order chi connectivity index (χ0) is 18.6. The molecule has 0 aliphatic carbocycles. The van der Waals surface area contributed by atoms with Crippen LogP contribution in [0.1, 0.15) is 38.3 Å². The van der Waals surface area contributed by atoms with E-state index in [0.29, 0.717) is 17.1 Å².